The molecule has 0 amide bonds. The molecule has 1 heterocycles. The molecule has 0 unspecified atom stereocenters. The molecule has 0 aliphatic rings. The topological polar surface area (TPSA) is 16.2 Å². The zero-order valence-electron chi connectivity index (χ0n) is 8.67. The lowest BCUT2D eigenvalue weighted by molar-refractivity contribution is -0.671. The highest BCUT2D eigenvalue weighted by molar-refractivity contribution is 5.81. The molecule has 0 radical (unpaired) electrons. The molecular formula is C13H13N2+. The predicted octanol–water partition coefficient (Wildman–Crippen LogP) is 2.26. The second-order valence-corrected chi connectivity index (χ2v) is 3.39. The fourth-order valence-electron chi connectivity index (χ4n) is 1.26. The highest BCUT2D eigenvalue weighted by Gasteiger charge is 1.91. The third-order valence-corrected chi connectivity index (χ3v) is 2.12. The first kappa shape index (κ1) is 9.59. The van der Waals surface area contributed by atoms with Crippen molar-refractivity contribution in [2.75, 3.05) is 0 Å². The molecule has 0 fully saturated rings. The number of pyridine rings is 1. The minimum atomic E-state index is 0.978. The van der Waals surface area contributed by atoms with Gasteiger partial charge in [-0.15, -0.1) is 0 Å². The van der Waals surface area contributed by atoms with E-state index >= 15 is 0 Å². The first-order valence-electron chi connectivity index (χ1n) is 4.89. The third-order valence-electron chi connectivity index (χ3n) is 2.12. The van der Waals surface area contributed by atoms with E-state index in [9.17, 15) is 0 Å². The van der Waals surface area contributed by atoms with Crippen LogP contribution in [0, 0.1) is 0 Å². The van der Waals surface area contributed by atoms with Gasteiger partial charge in [0.25, 0.3) is 0 Å². The third kappa shape index (κ3) is 2.74. The molecule has 0 bridgehead atoms. The van der Waals surface area contributed by atoms with Crippen molar-refractivity contribution < 1.29 is 4.57 Å². The second-order valence-electron chi connectivity index (χ2n) is 3.39. The lowest BCUT2D eigenvalue weighted by Crippen LogP contribution is -2.25. The van der Waals surface area contributed by atoms with Crippen molar-refractivity contribution in [1.82, 2.24) is 0 Å². The Hall–Kier alpha value is -1.96. The molecule has 1 aromatic carbocycles. The smallest absolute Gasteiger partial charge is 0.169 e. The Morgan fingerprint density at radius 3 is 2.33 bits per heavy atom. The Kier molecular flexibility index (Phi) is 2.88. The summed E-state index contributed by atoms with van der Waals surface area (Å²) in [5.41, 5.74) is 2.09. The number of aliphatic imine (C=N–C) groups is 1. The van der Waals surface area contributed by atoms with Crippen LogP contribution >= 0.6 is 0 Å². The van der Waals surface area contributed by atoms with Gasteiger partial charge in [-0.1, -0.05) is 18.2 Å². The van der Waals surface area contributed by atoms with E-state index in [0.717, 1.165) is 11.3 Å². The molecule has 0 spiro atoms. The van der Waals surface area contributed by atoms with Gasteiger partial charge in [-0.25, -0.2) is 4.57 Å². The number of rotatable bonds is 2. The molecule has 74 valence electrons. The van der Waals surface area contributed by atoms with Gasteiger partial charge < -0.3 is 0 Å². The molecule has 0 atom stereocenters. The van der Waals surface area contributed by atoms with E-state index in [2.05, 4.69) is 4.99 Å². The normalized spacial score (nSPS) is 10.7. The molecule has 2 rings (SSSR count). The van der Waals surface area contributed by atoms with Crippen LogP contribution in [0.4, 0.5) is 5.69 Å². The van der Waals surface area contributed by atoms with Crippen LogP contribution in [0.5, 0.6) is 0 Å². The molecule has 15 heavy (non-hydrogen) atoms. The van der Waals surface area contributed by atoms with Gasteiger partial charge in [0.05, 0.1) is 5.69 Å². The minimum Gasteiger partial charge on any atom is -0.256 e. The van der Waals surface area contributed by atoms with Crippen LogP contribution in [0.3, 0.4) is 0 Å². The van der Waals surface area contributed by atoms with E-state index in [1.165, 1.54) is 0 Å². The van der Waals surface area contributed by atoms with Crippen molar-refractivity contribution in [3.05, 3.63) is 60.4 Å². The van der Waals surface area contributed by atoms with E-state index in [-0.39, 0.29) is 0 Å². The van der Waals surface area contributed by atoms with E-state index in [1.54, 1.807) is 0 Å². The van der Waals surface area contributed by atoms with Gasteiger partial charge in [0, 0.05) is 23.9 Å². The molecule has 0 saturated carbocycles. The molecule has 2 heteroatoms. The number of nitrogens with zero attached hydrogens (tertiary/aromatic N) is 2. The van der Waals surface area contributed by atoms with Crippen molar-refractivity contribution in [3.8, 4) is 0 Å². The molecule has 0 aliphatic heterocycles. The van der Waals surface area contributed by atoms with Gasteiger partial charge >= 0.3 is 0 Å². The van der Waals surface area contributed by atoms with Crippen LogP contribution in [0.2, 0.25) is 0 Å². The van der Waals surface area contributed by atoms with E-state index in [0.29, 0.717) is 0 Å². The fourth-order valence-corrected chi connectivity index (χ4v) is 1.26. The summed E-state index contributed by atoms with van der Waals surface area (Å²) in [7, 11) is 2.00. The predicted molar refractivity (Wildman–Crippen MR) is 61.3 cm³/mol. The SMILES string of the molecule is C[n+]1ccc(C=Nc2ccccc2)cc1. The van der Waals surface area contributed by atoms with Crippen molar-refractivity contribution in [3.63, 3.8) is 0 Å². The second kappa shape index (κ2) is 4.51. The standard InChI is InChI=1S/C13H13N2/c1-15-9-7-12(8-10-15)11-14-13-5-3-2-4-6-13/h2-11H,1H3/q+1. The number of para-hydroxylation sites is 1. The average molecular weight is 197 g/mol. The van der Waals surface area contributed by atoms with Crippen molar-refractivity contribution >= 4 is 11.9 Å². The molecule has 2 aromatic rings. The quantitative estimate of drug-likeness (QED) is 0.518. The summed E-state index contributed by atoms with van der Waals surface area (Å²) < 4.78 is 2.00. The van der Waals surface area contributed by atoms with Crippen LogP contribution in [-0.2, 0) is 7.05 Å². The monoisotopic (exact) mass is 197 g/mol. The molecule has 1 aromatic heterocycles. The van der Waals surface area contributed by atoms with Crippen LogP contribution < -0.4 is 4.57 Å². The Bertz CT molecular complexity index is 444. The lowest BCUT2D eigenvalue weighted by Gasteiger charge is -1.92. The first-order valence-corrected chi connectivity index (χ1v) is 4.89. The molecule has 0 aliphatic carbocycles. The molecule has 0 saturated heterocycles. The summed E-state index contributed by atoms with van der Waals surface area (Å²) in [4.78, 5) is 4.37. The molecular weight excluding hydrogens is 184 g/mol. The number of hydrogen-bond acceptors (Lipinski definition) is 1. The van der Waals surface area contributed by atoms with Gasteiger partial charge in [-0.05, 0) is 12.1 Å². The summed E-state index contributed by atoms with van der Waals surface area (Å²) >= 11 is 0. The summed E-state index contributed by atoms with van der Waals surface area (Å²) in [6, 6.07) is 14.0. The van der Waals surface area contributed by atoms with Gasteiger partial charge in [-0.2, -0.15) is 0 Å². The minimum absolute atomic E-state index is 0.978. The zero-order valence-corrected chi connectivity index (χ0v) is 8.67. The zero-order chi connectivity index (χ0) is 10.5. The largest absolute Gasteiger partial charge is 0.256 e. The maximum atomic E-state index is 4.37. The Morgan fingerprint density at radius 2 is 1.67 bits per heavy atom. The highest BCUT2D eigenvalue weighted by atomic mass is 14.9. The van der Waals surface area contributed by atoms with Crippen LogP contribution in [-0.4, -0.2) is 6.21 Å². The Morgan fingerprint density at radius 1 is 1.00 bits per heavy atom. The van der Waals surface area contributed by atoms with Gasteiger partial charge in [0.15, 0.2) is 12.4 Å². The van der Waals surface area contributed by atoms with Crippen LogP contribution in [0.25, 0.3) is 0 Å². The Balaban J connectivity index is 2.15. The summed E-state index contributed by atoms with van der Waals surface area (Å²) in [6.45, 7) is 0. The van der Waals surface area contributed by atoms with E-state index < -0.39 is 0 Å². The van der Waals surface area contributed by atoms with Crippen molar-refractivity contribution in [2.45, 2.75) is 0 Å². The van der Waals surface area contributed by atoms with Crippen molar-refractivity contribution in [1.29, 1.82) is 0 Å². The first-order chi connectivity index (χ1) is 7.34. The fraction of sp³-hybridized carbons (Fsp3) is 0.0769. The van der Waals surface area contributed by atoms with Gasteiger partial charge in [-0.3, -0.25) is 4.99 Å². The van der Waals surface area contributed by atoms with Gasteiger partial charge in [0.2, 0.25) is 0 Å². The average Bonchev–Trinajstić information content (AvgIpc) is 2.30. The maximum Gasteiger partial charge on any atom is 0.169 e. The maximum absolute atomic E-state index is 4.37. The lowest BCUT2D eigenvalue weighted by atomic mass is 10.3. The number of aromatic nitrogens is 1. The van der Waals surface area contributed by atoms with E-state index in [1.807, 2.05) is 72.7 Å². The van der Waals surface area contributed by atoms with Crippen molar-refractivity contribution in [2.24, 2.45) is 12.0 Å². The summed E-state index contributed by atoms with van der Waals surface area (Å²) in [5.74, 6) is 0. The summed E-state index contributed by atoms with van der Waals surface area (Å²) in [6.07, 6.45) is 5.88. The molecule has 0 N–H and O–H groups in total. The van der Waals surface area contributed by atoms with Gasteiger partial charge in [0.1, 0.15) is 7.05 Å². The number of benzene rings is 1. The Labute approximate surface area is 89.5 Å². The van der Waals surface area contributed by atoms with Crippen LogP contribution in [0.15, 0.2) is 59.9 Å². The number of aryl methyl sites for hydroxylation is 1. The van der Waals surface area contributed by atoms with E-state index in [4.69, 9.17) is 0 Å². The highest BCUT2D eigenvalue weighted by Crippen LogP contribution is 2.09. The molecule has 2 nitrogen and oxygen atoms in total. The summed E-state index contributed by atoms with van der Waals surface area (Å²) in [5, 5.41) is 0. The number of hydrogen-bond donors (Lipinski definition) is 0. The van der Waals surface area contributed by atoms with Crippen LogP contribution in [0.1, 0.15) is 5.56 Å².